The molecule has 0 radical (unpaired) electrons. The van der Waals surface area contributed by atoms with E-state index >= 15 is 0 Å². The lowest BCUT2D eigenvalue weighted by molar-refractivity contribution is 0.104. The highest BCUT2D eigenvalue weighted by Gasteiger charge is 2.16. The van der Waals surface area contributed by atoms with E-state index in [1.165, 1.54) is 50.2 Å². The molecule has 0 aliphatic carbocycles. The molecule has 2 aliphatic rings. The summed E-state index contributed by atoms with van der Waals surface area (Å²) in [5.74, 6) is 3.69. The van der Waals surface area contributed by atoms with Crippen LogP contribution in [0.2, 0.25) is 0 Å². The third-order valence-electron chi connectivity index (χ3n) is 3.44. The van der Waals surface area contributed by atoms with Gasteiger partial charge in [0.25, 0.3) is 0 Å². The SMILES string of the molecule is C1COC(CCNCC2CCSCC2)C1. The average molecular weight is 229 g/mol. The maximum Gasteiger partial charge on any atom is 0.0588 e. The largest absolute Gasteiger partial charge is 0.378 e. The first-order valence-corrected chi connectivity index (χ1v) is 7.50. The quantitative estimate of drug-likeness (QED) is 0.731. The summed E-state index contributed by atoms with van der Waals surface area (Å²) in [5, 5.41) is 3.59. The van der Waals surface area contributed by atoms with Crippen LogP contribution in [0.5, 0.6) is 0 Å². The molecule has 2 rings (SSSR count). The van der Waals surface area contributed by atoms with Crippen LogP contribution in [0.1, 0.15) is 32.1 Å². The molecule has 2 fully saturated rings. The number of rotatable bonds is 5. The third kappa shape index (κ3) is 4.33. The van der Waals surface area contributed by atoms with E-state index in [9.17, 15) is 0 Å². The van der Waals surface area contributed by atoms with Crippen molar-refractivity contribution in [1.29, 1.82) is 0 Å². The summed E-state index contributed by atoms with van der Waals surface area (Å²) < 4.78 is 5.60. The van der Waals surface area contributed by atoms with Gasteiger partial charge in [-0.1, -0.05) is 0 Å². The first-order valence-electron chi connectivity index (χ1n) is 6.35. The maximum absolute atomic E-state index is 5.60. The van der Waals surface area contributed by atoms with Crippen LogP contribution >= 0.6 is 11.8 Å². The molecule has 1 unspecified atom stereocenters. The molecule has 1 N–H and O–H groups in total. The van der Waals surface area contributed by atoms with Crippen LogP contribution in [0.3, 0.4) is 0 Å². The van der Waals surface area contributed by atoms with E-state index in [2.05, 4.69) is 17.1 Å². The summed E-state index contributed by atoms with van der Waals surface area (Å²) in [6.45, 7) is 3.37. The highest BCUT2D eigenvalue weighted by Crippen LogP contribution is 2.22. The zero-order valence-corrected chi connectivity index (χ0v) is 10.4. The Morgan fingerprint density at radius 3 is 2.80 bits per heavy atom. The minimum atomic E-state index is 0.555. The molecule has 15 heavy (non-hydrogen) atoms. The van der Waals surface area contributed by atoms with Crippen molar-refractivity contribution in [2.24, 2.45) is 5.92 Å². The summed E-state index contributed by atoms with van der Waals surface area (Å²) in [7, 11) is 0. The molecule has 0 saturated carbocycles. The molecule has 2 saturated heterocycles. The molecule has 0 aromatic rings. The van der Waals surface area contributed by atoms with Gasteiger partial charge in [0.15, 0.2) is 0 Å². The molecule has 3 heteroatoms. The van der Waals surface area contributed by atoms with Crippen molar-refractivity contribution >= 4 is 11.8 Å². The summed E-state index contributed by atoms with van der Waals surface area (Å²) in [4.78, 5) is 0. The summed E-state index contributed by atoms with van der Waals surface area (Å²) in [6, 6.07) is 0. The predicted molar refractivity (Wildman–Crippen MR) is 66.5 cm³/mol. The van der Waals surface area contributed by atoms with Crippen molar-refractivity contribution in [1.82, 2.24) is 5.32 Å². The fraction of sp³-hybridized carbons (Fsp3) is 1.00. The lowest BCUT2D eigenvalue weighted by atomic mass is 10.0. The summed E-state index contributed by atoms with van der Waals surface area (Å²) in [6.07, 6.45) is 7.14. The topological polar surface area (TPSA) is 21.3 Å². The van der Waals surface area contributed by atoms with Crippen molar-refractivity contribution in [3.8, 4) is 0 Å². The lowest BCUT2D eigenvalue weighted by Gasteiger charge is -2.21. The van der Waals surface area contributed by atoms with Crippen LogP contribution in [0.15, 0.2) is 0 Å². The van der Waals surface area contributed by atoms with E-state index in [1.54, 1.807) is 0 Å². The molecule has 0 aromatic heterocycles. The van der Waals surface area contributed by atoms with Gasteiger partial charge in [0.2, 0.25) is 0 Å². The van der Waals surface area contributed by atoms with Crippen molar-refractivity contribution < 1.29 is 4.74 Å². The molecule has 2 nitrogen and oxygen atoms in total. The van der Waals surface area contributed by atoms with Crippen LogP contribution in [-0.2, 0) is 4.74 Å². The van der Waals surface area contributed by atoms with Crippen molar-refractivity contribution in [2.45, 2.75) is 38.2 Å². The molecule has 2 aliphatic heterocycles. The minimum absolute atomic E-state index is 0.555. The summed E-state index contributed by atoms with van der Waals surface area (Å²) >= 11 is 2.11. The number of ether oxygens (including phenoxy) is 1. The maximum atomic E-state index is 5.60. The van der Waals surface area contributed by atoms with Gasteiger partial charge in [-0.15, -0.1) is 0 Å². The van der Waals surface area contributed by atoms with E-state index in [4.69, 9.17) is 4.74 Å². The first-order chi connectivity index (χ1) is 7.45. The van der Waals surface area contributed by atoms with Crippen LogP contribution in [-0.4, -0.2) is 37.3 Å². The normalized spacial score (nSPS) is 28.4. The Morgan fingerprint density at radius 1 is 1.20 bits per heavy atom. The van der Waals surface area contributed by atoms with Crippen molar-refractivity contribution in [3.05, 3.63) is 0 Å². The van der Waals surface area contributed by atoms with E-state index in [0.717, 1.165) is 19.1 Å². The van der Waals surface area contributed by atoms with Gasteiger partial charge in [-0.3, -0.25) is 0 Å². The molecular weight excluding hydrogens is 206 g/mol. The molecule has 2 heterocycles. The second-order valence-electron chi connectivity index (χ2n) is 4.68. The number of hydrogen-bond acceptors (Lipinski definition) is 3. The smallest absolute Gasteiger partial charge is 0.0588 e. The van der Waals surface area contributed by atoms with Crippen LogP contribution in [0.4, 0.5) is 0 Å². The second kappa shape index (κ2) is 6.77. The zero-order chi connectivity index (χ0) is 10.3. The Bertz CT molecular complexity index is 165. The molecule has 0 spiro atoms. The third-order valence-corrected chi connectivity index (χ3v) is 4.49. The number of thioether (sulfide) groups is 1. The Kier molecular flexibility index (Phi) is 5.30. The first kappa shape index (κ1) is 11.7. The molecule has 0 amide bonds. The van der Waals surface area contributed by atoms with Crippen molar-refractivity contribution in [2.75, 3.05) is 31.2 Å². The van der Waals surface area contributed by atoms with Gasteiger partial charge in [-0.05, 0) is 62.6 Å². The van der Waals surface area contributed by atoms with Gasteiger partial charge in [0.1, 0.15) is 0 Å². The second-order valence-corrected chi connectivity index (χ2v) is 5.91. The van der Waals surface area contributed by atoms with Gasteiger partial charge in [0.05, 0.1) is 6.10 Å². The highest BCUT2D eigenvalue weighted by molar-refractivity contribution is 7.99. The molecule has 0 bridgehead atoms. The number of nitrogens with one attached hydrogen (secondary N) is 1. The van der Waals surface area contributed by atoms with Gasteiger partial charge >= 0.3 is 0 Å². The van der Waals surface area contributed by atoms with Gasteiger partial charge in [-0.25, -0.2) is 0 Å². The molecule has 88 valence electrons. The van der Waals surface area contributed by atoms with Gasteiger partial charge < -0.3 is 10.1 Å². The fourth-order valence-electron chi connectivity index (χ4n) is 2.39. The minimum Gasteiger partial charge on any atom is -0.378 e. The van der Waals surface area contributed by atoms with Crippen LogP contribution < -0.4 is 5.32 Å². The molecule has 1 atom stereocenters. The van der Waals surface area contributed by atoms with Gasteiger partial charge in [0, 0.05) is 6.61 Å². The van der Waals surface area contributed by atoms with E-state index < -0.39 is 0 Å². The van der Waals surface area contributed by atoms with E-state index in [0.29, 0.717) is 6.10 Å². The Balaban J connectivity index is 1.47. The predicted octanol–water partition coefficient (Wildman–Crippen LogP) is 2.29. The van der Waals surface area contributed by atoms with Gasteiger partial charge in [-0.2, -0.15) is 11.8 Å². The van der Waals surface area contributed by atoms with Crippen LogP contribution in [0.25, 0.3) is 0 Å². The van der Waals surface area contributed by atoms with E-state index in [1.807, 2.05) is 0 Å². The lowest BCUT2D eigenvalue weighted by Crippen LogP contribution is -2.28. The van der Waals surface area contributed by atoms with Crippen molar-refractivity contribution in [3.63, 3.8) is 0 Å². The summed E-state index contributed by atoms with van der Waals surface area (Å²) in [5.41, 5.74) is 0. The standard InChI is InChI=1S/C12H23NOS/c1-2-12(14-7-1)3-6-13-10-11-4-8-15-9-5-11/h11-13H,1-10H2. The zero-order valence-electron chi connectivity index (χ0n) is 9.54. The Morgan fingerprint density at radius 2 is 2.07 bits per heavy atom. The molecular formula is C12H23NOS. The Labute approximate surface area is 97.5 Å². The molecule has 0 aromatic carbocycles. The van der Waals surface area contributed by atoms with E-state index in [-0.39, 0.29) is 0 Å². The highest BCUT2D eigenvalue weighted by atomic mass is 32.2. The van der Waals surface area contributed by atoms with Crippen LogP contribution in [0, 0.1) is 5.92 Å². The fourth-order valence-corrected chi connectivity index (χ4v) is 3.60. The number of hydrogen-bond donors (Lipinski definition) is 1. The Hall–Kier alpha value is 0.270. The monoisotopic (exact) mass is 229 g/mol. The average Bonchev–Trinajstić information content (AvgIpc) is 2.79.